The van der Waals surface area contributed by atoms with Gasteiger partial charge in [0, 0.05) is 48.4 Å². The Morgan fingerprint density at radius 2 is 1.74 bits per heavy atom. The number of nitrogens with one attached hydrogen (secondary N) is 1. The summed E-state index contributed by atoms with van der Waals surface area (Å²) in [6, 6.07) is 14.8. The second-order valence-electron chi connectivity index (χ2n) is 11.2. The number of anilines is 1. The van der Waals surface area contributed by atoms with Gasteiger partial charge in [0.2, 0.25) is 5.91 Å². The van der Waals surface area contributed by atoms with E-state index in [1.807, 2.05) is 6.92 Å². The number of carbonyl (C=O) groups excluding carboxylic acids is 4. The maximum atomic E-state index is 13.3. The number of nitrogens with zero attached hydrogens (tertiary/aromatic N) is 2. The first kappa shape index (κ1) is 28.3. The van der Waals surface area contributed by atoms with Crippen molar-refractivity contribution in [2.45, 2.75) is 44.2 Å². The maximum Gasteiger partial charge on any atom is 0.257 e. The van der Waals surface area contributed by atoms with E-state index in [4.69, 9.17) is 9.47 Å². The van der Waals surface area contributed by atoms with Crippen molar-refractivity contribution in [1.29, 1.82) is 0 Å². The minimum Gasteiger partial charge on any atom is -0.493 e. The molecule has 3 aliphatic rings. The number of aliphatic hydroxyl groups is 1. The standard InChI is InChI=1S/C33H31N3O7/c1-33-16-19(37)17-36(33)32(41)23-14-26(42-2)27(15-25(23)34-18-33)43-13-6-5-12-28(38)35-24-11-7-10-22-29(24)31(40)21-9-4-3-8-20(21)30(22)39/h3-4,7-11,14-15,18-19,37H,5-6,12-13,16-17H2,1-2H3,(H,35,38)/t19?,33-/m0/s1. The second kappa shape index (κ2) is 11.1. The Morgan fingerprint density at radius 1 is 1.00 bits per heavy atom. The van der Waals surface area contributed by atoms with E-state index in [1.54, 1.807) is 65.7 Å². The van der Waals surface area contributed by atoms with Crippen molar-refractivity contribution in [2.75, 3.05) is 25.6 Å². The SMILES string of the molecule is COc1cc2c(cc1OCCCCC(=O)Nc1cccc3c1C(=O)c1ccccc1C3=O)N=C[C@]1(C)CC(O)CN1C2=O. The summed E-state index contributed by atoms with van der Waals surface area (Å²) in [6.45, 7) is 2.41. The monoisotopic (exact) mass is 581 g/mol. The van der Waals surface area contributed by atoms with E-state index >= 15 is 0 Å². The fraction of sp³-hybridized carbons (Fsp3) is 0.303. The summed E-state index contributed by atoms with van der Waals surface area (Å²) >= 11 is 0. The van der Waals surface area contributed by atoms with E-state index in [1.165, 1.54) is 7.11 Å². The van der Waals surface area contributed by atoms with Gasteiger partial charge in [0.05, 0.1) is 47.9 Å². The molecule has 0 bridgehead atoms. The topological polar surface area (TPSA) is 135 Å². The number of carbonyl (C=O) groups is 4. The zero-order chi connectivity index (χ0) is 30.3. The Bertz CT molecular complexity index is 1700. The average Bonchev–Trinajstić information content (AvgIpc) is 3.27. The third-order valence-electron chi connectivity index (χ3n) is 8.18. The van der Waals surface area contributed by atoms with Gasteiger partial charge in [0.15, 0.2) is 23.1 Å². The molecule has 1 aliphatic carbocycles. The number of β-amino-alcohol motifs (C(OH)–C–C–N with tert-alkyl or cyclic N) is 1. The van der Waals surface area contributed by atoms with E-state index < -0.39 is 11.6 Å². The predicted octanol–water partition coefficient (Wildman–Crippen LogP) is 4.34. The van der Waals surface area contributed by atoms with Gasteiger partial charge in [-0.05, 0) is 31.9 Å². The Kier molecular flexibility index (Phi) is 7.31. The molecule has 0 spiro atoms. The molecule has 3 aromatic rings. The van der Waals surface area contributed by atoms with Crippen molar-refractivity contribution < 1.29 is 33.8 Å². The number of unbranched alkanes of at least 4 members (excludes halogenated alkanes) is 1. The van der Waals surface area contributed by atoms with Crippen molar-refractivity contribution in [3.05, 3.63) is 82.4 Å². The quantitative estimate of drug-likeness (QED) is 0.296. The number of aliphatic hydroxyl groups excluding tert-OH is 1. The molecule has 220 valence electrons. The van der Waals surface area contributed by atoms with Gasteiger partial charge in [0.1, 0.15) is 0 Å². The van der Waals surface area contributed by atoms with Gasteiger partial charge < -0.3 is 24.8 Å². The van der Waals surface area contributed by atoms with E-state index in [-0.39, 0.29) is 47.5 Å². The summed E-state index contributed by atoms with van der Waals surface area (Å²) in [5.41, 5.74) is 1.68. The minimum absolute atomic E-state index is 0.187. The fourth-order valence-electron chi connectivity index (χ4n) is 5.99. The number of rotatable bonds is 8. The summed E-state index contributed by atoms with van der Waals surface area (Å²) in [5, 5.41) is 12.9. The molecule has 1 saturated heterocycles. The van der Waals surface area contributed by atoms with E-state index in [0.29, 0.717) is 65.4 Å². The Labute approximate surface area is 248 Å². The molecule has 2 heterocycles. The number of ketones is 2. The molecule has 2 aliphatic heterocycles. The summed E-state index contributed by atoms with van der Waals surface area (Å²) < 4.78 is 11.5. The van der Waals surface area contributed by atoms with Crippen LogP contribution >= 0.6 is 0 Å². The number of aliphatic imine (C=N–C) groups is 1. The van der Waals surface area contributed by atoms with Crippen LogP contribution in [0.4, 0.5) is 11.4 Å². The van der Waals surface area contributed by atoms with Gasteiger partial charge in [-0.15, -0.1) is 0 Å². The molecule has 6 rings (SSSR count). The van der Waals surface area contributed by atoms with Crippen molar-refractivity contribution in [3.8, 4) is 11.5 Å². The zero-order valence-corrected chi connectivity index (χ0v) is 23.9. The Morgan fingerprint density at radius 3 is 2.51 bits per heavy atom. The van der Waals surface area contributed by atoms with Crippen LogP contribution in [0.5, 0.6) is 11.5 Å². The summed E-state index contributed by atoms with van der Waals surface area (Å²) in [4.78, 5) is 58.4. The van der Waals surface area contributed by atoms with Crippen LogP contribution in [-0.4, -0.2) is 71.5 Å². The third kappa shape index (κ3) is 5.08. The van der Waals surface area contributed by atoms with Crippen LogP contribution in [0.15, 0.2) is 59.6 Å². The number of hydrogen-bond acceptors (Lipinski definition) is 8. The molecule has 2 N–H and O–H groups in total. The molecule has 1 unspecified atom stereocenters. The molecule has 0 saturated carbocycles. The number of hydrogen-bond donors (Lipinski definition) is 2. The fourth-order valence-corrected chi connectivity index (χ4v) is 5.99. The third-order valence-corrected chi connectivity index (χ3v) is 8.18. The normalized spacial score (nSPS) is 20.1. The van der Waals surface area contributed by atoms with Gasteiger partial charge in [-0.1, -0.05) is 36.4 Å². The van der Waals surface area contributed by atoms with Crippen LogP contribution in [0.1, 0.15) is 74.8 Å². The average molecular weight is 582 g/mol. The number of amides is 2. The number of benzene rings is 3. The molecule has 0 radical (unpaired) electrons. The number of fused-ring (bicyclic) bond motifs is 4. The second-order valence-corrected chi connectivity index (χ2v) is 11.2. The molecule has 43 heavy (non-hydrogen) atoms. The molecular weight excluding hydrogens is 550 g/mol. The molecule has 2 amide bonds. The number of ether oxygens (including phenoxy) is 2. The highest BCUT2D eigenvalue weighted by Gasteiger charge is 2.45. The van der Waals surface area contributed by atoms with E-state index in [9.17, 15) is 24.3 Å². The van der Waals surface area contributed by atoms with Crippen molar-refractivity contribution >= 4 is 41.0 Å². The van der Waals surface area contributed by atoms with Crippen molar-refractivity contribution in [2.24, 2.45) is 4.99 Å². The molecule has 1 fully saturated rings. The first-order valence-corrected chi connectivity index (χ1v) is 14.2. The smallest absolute Gasteiger partial charge is 0.257 e. The van der Waals surface area contributed by atoms with Crippen LogP contribution in [0, 0.1) is 0 Å². The lowest BCUT2D eigenvalue weighted by Crippen LogP contribution is -2.45. The van der Waals surface area contributed by atoms with Gasteiger partial charge in [-0.25, -0.2) is 0 Å². The molecule has 2 atom stereocenters. The van der Waals surface area contributed by atoms with Crippen LogP contribution in [0.2, 0.25) is 0 Å². The summed E-state index contributed by atoms with van der Waals surface area (Å²) in [7, 11) is 1.49. The van der Waals surface area contributed by atoms with Crippen molar-refractivity contribution in [3.63, 3.8) is 0 Å². The highest BCUT2D eigenvalue weighted by molar-refractivity contribution is 6.30. The summed E-state index contributed by atoms with van der Waals surface area (Å²) in [6.07, 6.45) is 2.77. The lowest BCUT2D eigenvalue weighted by Gasteiger charge is -2.30. The predicted molar refractivity (Wildman–Crippen MR) is 159 cm³/mol. The maximum absolute atomic E-state index is 13.3. The van der Waals surface area contributed by atoms with Crippen LogP contribution < -0.4 is 14.8 Å². The molecule has 3 aromatic carbocycles. The van der Waals surface area contributed by atoms with Crippen molar-refractivity contribution in [1.82, 2.24) is 4.90 Å². The van der Waals surface area contributed by atoms with Gasteiger partial charge >= 0.3 is 0 Å². The zero-order valence-electron chi connectivity index (χ0n) is 23.9. The molecular formula is C33H31N3O7. The Balaban J connectivity index is 1.07. The van der Waals surface area contributed by atoms with E-state index in [2.05, 4.69) is 10.3 Å². The van der Waals surface area contributed by atoms with Gasteiger partial charge in [-0.3, -0.25) is 24.2 Å². The number of methoxy groups -OCH3 is 1. The molecule has 10 nitrogen and oxygen atoms in total. The highest BCUT2D eigenvalue weighted by Crippen LogP contribution is 2.40. The van der Waals surface area contributed by atoms with Crippen LogP contribution in [-0.2, 0) is 4.79 Å². The minimum atomic E-state index is -0.670. The summed E-state index contributed by atoms with van der Waals surface area (Å²) in [5.74, 6) is -0.211. The highest BCUT2D eigenvalue weighted by atomic mass is 16.5. The lowest BCUT2D eigenvalue weighted by molar-refractivity contribution is -0.116. The largest absolute Gasteiger partial charge is 0.493 e. The van der Waals surface area contributed by atoms with Gasteiger partial charge in [0.25, 0.3) is 5.91 Å². The lowest BCUT2D eigenvalue weighted by atomic mass is 9.83. The first-order valence-electron chi connectivity index (χ1n) is 14.2. The van der Waals surface area contributed by atoms with Crippen LogP contribution in [0.25, 0.3) is 0 Å². The molecule has 10 heteroatoms. The first-order chi connectivity index (χ1) is 20.7. The van der Waals surface area contributed by atoms with E-state index in [0.717, 1.165) is 0 Å². The van der Waals surface area contributed by atoms with Gasteiger partial charge in [-0.2, -0.15) is 0 Å². The van der Waals surface area contributed by atoms with Crippen LogP contribution in [0.3, 0.4) is 0 Å². The Hall–Kier alpha value is -4.83. The molecule has 0 aromatic heterocycles.